The third kappa shape index (κ3) is 4.31. The van der Waals surface area contributed by atoms with Crippen LogP contribution in [0, 0.1) is 16.7 Å². The summed E-state index contributed by atoms with van der Waals surface area (Å²) in [6.07, 6.45) is -2.92. The number of pyridine rings is 1. The standard InChI is InChI=1S/C21H20F5N5O2S/c1-18(8-20(22,23)9-18)11-30-15(17(32)28-12-3-6-31(33)13(7-12)34-2)14(21(24,25)26)16(29-30)19(10-27)4-5-19/h3,6-7,33H,4-5,8-9,11H2,1-2H3/p+1. The van der Waals surface area contributed by atoms with Gasteiger partial charge in [-0.1, -0.05) is 18.7 Å². The summed E-state index contributed by atoms with van der Waals surface area (Å²) in [6, 6.07) is 4.53. The van der Waals surface area contributed by atoms with Crippen molar-refractivity contribution in [3.05, 3.63) is 35.3 Å². The minimum absolute atomic E-state index is 0.116. The van der Waals surface area contributed by atoms with Gasteiger partial charge in [-0.2, -0.15) is 23.5 Å². The molecule has 2 aliphatic rings. The Labute approximate surface area is 195 Å². The maximum absolute atomic E-state index is 14.2. The summed E-state index contributed by atoms with van der Waals surface area (Å²) < 4.78 is 71.4. The van der Waals surface area contributed by atoms with Gasteiger partial charge in [0.25, 0.3) is 10.9 Å². The van der Waals surface area contributed by atoms with Crippen molar-refractivity contribution in [3.63, 3.8) is 0 Å². The SMILES string of the molecule is CSc1cc(NC(=O)c2c(C(F)(F)F)c(C3(C#N)CC3)nn2CC2(C)CC(F)(F)C2)cc[n+]1O. The van der Waals surface area contributed by atoms with Crippen LogP contribution >= 0.6 is 11.8 Å². The smallest absolute Gasteiger partial charge is 0.320 e. The normalized spacial score (nSPS) is 19.7. The monoisotopic (exact) mass is 502 g/mol. The van der Waals surface area contributed by atoms with E-state index in [0.29, 0.717) is 5.03 Å². The van der Waals surface area contributed by atoms with Crippen LogP contribution in [-0.4, -0.2) is 33.1 Å². The van der Waals surface area contributed by atoms with Gasteiger partial charge in [0, 0.05) is 36.2 Å². The molecule has 0 spiro atoms. The van der Waals surface area contributed by atoms with Crippen molar-refractivity contribution in [2.75, 3.05) is 11.6 Å². The lowest BCUT2D eigenvalue weighted by atomic mass is 9.67. The quantitative estimate of drug-likeness (QED) is 0.265. The van der Waals surface area contributed by atoms with Crippen LogP contribution in [0.25, 0.3) is 0 Å². The van der Waals surface area contributed by atoms with Crippen molar-refractivity contribution in [2.24, 2.45) is 5.41 Å². The molecule has 2 aliphatic carbocycles. The number of nitriles is 1. The summed E-state index contributed by atoms with van der Waals surface area (Å²) in [5, 5.41) is 26.0. The van der Waals surface area contributed by atoms with Crippen molar-refractivity contribution < 1.29 is 36.7 Å². The topological polar surface area (TPSA) is 94.8 Å². The van der Waals surface area contributed by atoms with Crippen LogP contribution in [0.1, 0.15) is 54.4 Å². The van der Waals surface area contributed by atoms with Gasteiger partial charge < -0.3 is 5.32 Å². The molecular weight excluding hydrogens is 481 g/mol. The van der Waals surface area contributed by atoms with Crippen molar-refractivity contribution in [2.45, 2.75) is 61.7 Å². The first-order valence-electron chi connectivity index (χ1n) is 10.3. The molecule has 2 aromatic rings. The fourth-order valence-electron chi connectivity index (χ4n) is 4.50. The number of carbonyl (C=O) groups excluding carboxylic acids is 1. The second-order valence-corrected chi connectivity index (χ2v) is 10.0. The molecule has 4 rings (SSSR count). The van der Waals surface area contributed by atoms with Crippen LogP contribution in [0.4, 0.5) is 27.6 Å². The number of nitrogens with zero attached hydrogens (tertiary/aromatic N) is 4. The Hall–Kier alpha value is -2.88. The maximum Gasteiger partial charge on any atom is 0.420 e. The van der Waals surface area contributed by atoms with Gasteiger partial charge in [0.1, 0.15) is 16.7 Å². The van der Waals surface area contributed by atoms with Crippen LogP contribution in [0.5, 0.6) is 0 Å². The number of hydrogen-bond acceptors (Lipinski definition) is 5. The van der Waals surface area contributed by atoms with Crippen LogP contribution in [-0.2, 0) is 18.1 Å². The Kier molecular flexibility index (Phi) is 5.58. The molecule has 0 aliphatic heterocycles. The van der Waals surface area contributed by atoms with Gasteiger partial charge in [-0.3, -0.25) is 14.7 Å². The van der Waals surface area contributed by atoms with Gasteiger partial charge in [0.2, 0.25) is 12.1 Å². The largest absolute Gasteiger partial charge is 0.420 e. The number of thioether (sulfide) groups is 1. The van der Waals surface area contributed by atoms with E-state index >= 15 is 0 Å². The predicted octanol–water partition coefficient (Wildman–Crippen LogP) is 4.39. The summed E-state index contributed by atoms with van der Waals surface area (Å²) in [5.41, 5.74) is -5.10. The zero-order valence-electron chi connectivity index (χ0n) is 18.2. The Morgan fingerprint density at radius 2 is 2.03 bits per heavy atom. The summed E-state index contributed by atoms with van der Waals surface area (Å²) in [7, 11) is 0. The minimum atomic E-state index is -5.01. The molecule has 1 amide bonds. The van der Waals surface area contributed by atoms with Gasteiger partial charge in [0.15, 0.2) is 0 Å². The minimum Gasteiger partial charge on any atom is -0.320 e. The van der Waals surface area contributed by atoms with E-state index in [9.17, 15) is 37.2 Å². The van der Waals surface area contributed by atoms with Crippen molar-refractivity contribution in [3.8, 4) is 6.07 Å². The summed E-state index contributed by atoms with van der Waals surface area (Å²) in [4.78, 5) is 13.2. The maximum atomic E-state index is 14.2. The number of carbonyl (C=O) groups is 1. The average Bonchev–Trinajstić information content (AvgIpc) is 3.41. The van der Waals surface area contributed by atoms with Crippen molar-refractivity contribution in [1.29, 1.82) is 5.26 Å². The van der Waals surface area contributed by atoms with Crippen LogP contribution in [0.2, 0.25) is 0 Å². The number of anilines is 1. The average molecular weight is 502 g/mol. The highest BCUT2D eigenvalue weighted by atomic mass is 32.2. The molecule has 0 radical (unpaired) electrons. The first-order chi connectivity index (χ1) is 15.7. The molecule has 13 heteroatoms. The molecule has 0 atom stereocenters. The summed E-state index contributed by atoms with van der Waals surface area (Å²) in [5.74, 6) is -4.07. The molecule has 0 unspecified atom stereocenters. The lowest BCUT2D eigenvalue weighted by Crippen LogP contribution is -2.47. The van der Waals surface area contributed by atoms with Gasteiger partial charge in [-0.25, -0.2) is 8.78 Å². The third-order valence-corrected chi connectivity index (χ3v) is 6.86. The third-order valence-electron chi connectivity index (χ3n) is 6.14. The molecule has 7 nitrogen and oxygen atoms in total. The fraction of sp³-hybridized carbons (Fsp3) is 0.524. The van der Waals surface area contributed by atoms with Crippen molar-refractivity contribution >= 4 is 23.4 Å². The number of hydrogen-bond donors (Lipinski definition) is 2. The molecule has 2 saturated carbocycles. The van der Waals surface area contributed by atoms with E-state index in [-0.39, 0.29) is 25.1 Å². The second-order valence-electron chi connectivity index (χ2n) is 9.20. The molecule has 34 heavy (non-hydrogen) atoms. The van der Waals surface area contributed by atoms with Gasteiger partial charge in [-0.05, 0) is 24.5 Å². The highest BCUT2D eigenvalue weighted by Crippen LogP contribution is 2.54. The number of amides is 1. The molecule has 0 aromatic carbocycles. The molecule has 0 bridgehead atoms. The highest BCUT2D eigenvalue weighted by molar-refractivity contribution is 7.98. The molecule has 2 heterocycles. The zero-order valence-corrected chi connectivity index (χ0v) is 19.0. The fourth-order valence-corrected chi connectivity index (χ4v) is 4.99. The molecule has 2 aromatic heterocycles. The van der Waals surface area contributed by atoms with Gasteiger partial charge in [0.05, 0.1) is 17.5 Å². The number of alkyl halides is 5. The zero-order chi connectivity index (χ0) is 25.1. The Bertz CT molecular complexity index is 1190. The molecule has 182 valence electrons. The van der Waals surface area contributed by atoms with Gasteiger partial charge in [-0.15, -0.1) is 0 Å². The van der Waals surface area contributed by atoms with E-state index < -0.39 is 58.6 Å². The summed E-state index contributed by atoms with van der Waals surface area (Å²) in [6.45, 7) is 1.16. The van der Waals surface area contributed by atoms with Crippen LogP contribution in [0.3, 0.4) is 0 Å². The number of aromatic nitrogens is 3. The Morgan fingerprint density at radius 3 is 2.53 bits per heavy atom. The highest BCUT2D eigenvalue weighted by Gasteiger charge is 2.57. The lowest BCUT2D eigenvalue weighted by Gasteiger charge is -2.44. The molecule has 2 N–H and O–H groups in total. The second kappa shape index (κ2) is 7.83. The Balaban J connectivity index is 1.80. The van der Waals surface area contributed by atoms with E-state index in [2.05, 4.69) is 10.4 Å². The number of nitrogens with one attached hydrogen (secondary N) is 1. The van der Waals surface area contributed by atoms with E-state index in [1.807, 2.05) is 6.07 Å². The molecular formula is C21H21F5N5O2S+. The van der Waals surface area contributed by atoms with Crippen molar-refractivity contribution in [1.82, 2.24) is 9.78 Å². The van der Waals surface area contributed by atoms with E-state index in [0.717, 1.165) is 21.2 Å². The van der Waals surface area contributed by atoms with E-state index in [1.165, 1.54) is 25.3 Å². The first kappa shape index (κ1) is 24.3. The van der Waals surface area contributed by atoms with Crippen LogP contribution in [0.15, 0.2) is 23.4 Å². The van der Waals surface area contributed by atoms with Crippen LogP contribution < -0.4 is 10.0 Å². The van der Waals surface area contributed by atoms with E-state index in [1.54, 1.807) is 6.26 Å². The lowest BCUT2D eigenvalue weighted by molar-refractivity contribution is -0.932. The first-order valence-corrected chi connectivity index (χ1v) is 11.5. The number of rotatable bonds is 6. The Morgan fingerprint density at radius 1 is 1.38 bits per heavy atom. The molecule has 2 fully saturated rings. The summed E-state index contributed by atoms with van der Waals surface area (Å²) >= 11 is 1.14. The molecule has 0 saturated heterocycles. The number of halogens is 5. The predicted molar refractivity (Wildman–Crippen MR) is 110 cm³/mol. The van der Waals surface area contributed by atoms with E-state index in [4.69, 9.17) is 0 Å². The van der Waals surface area contributed by atoms with Gasteiger partial charge >= 0.3 is 6.18 Å².